The van der Waals surface area contributed by atoms with Crippen molar-refractivity contribution in [3.05, 3.63) is 53.7 Å². The molecule has 0 radical (unpaired) electrons. The van der Waals surface area contributed by atoms with Crippen molar-refractivity contribution in [1.29, 1.82) is 0 Å². The molecule has 0 atom stereocenters. The van der Waals surface area contributed by atoms with E-state index < -0.39 is 0 Å². The van der Waals surface area contributed by atoms with Crippen LogP contribution in [0.25, 0.3) is 0 Å². The van der Waals surface area contributed by atoms with E-state index in [0.29, 0.717) is 44.2 Å². The summed E-state index contributed by atoms with van der Waals surface area (Å²) in [4.78, 5) is 33.0. The van der Waals surface area contributed by atoms with Gasteiger partial charge < -0.3 is 24.4 Å². The fourth-order valence-corrected chi connectivity index (χ4v) is 4.13. The topological polar surface area (TPSA) is 72.3 Å². The lowest BCUT2D eigenvalue weighted by molar-refractivity contribution is 0.0632. The Morgan fingerprint density at radius 1 is 0.906 bits per heavy atom. The number of rotatable bonds is 5. The number of piperazine rings is 2. The first-order valence-corrected chi connectivity index (χ1v) is 11.1. The molecule has 0 spiro atoms. The highest BCUT2D eigenvalue weighted by Gasteiger charge is 2.26. The van der Waals surface area contributed by atoms with Crippen molar-refractivity contribution in [2.24, 2.45) is 0 Å². The van der Waals surface area contributed by atoms with Crippen LogP contribution in [0.2, 0.25) is 0 Å². The average molecular weight is 444 g/mol. The minimum Gasteiger partial charge on any atom is -0.456 e. The van der Waals surface area contributed by atoms with Crippen LogP contribution in [0.15, 0.2) is 40.8 Å². The van der Waals surface area contributed by atoms with Crippen LogP contribution in [-0.2, 0) is 0 Å². The number of hydrogen-bond acceptors (Lipinski definition) is 5. The summed E-state index contributed by atoms with van der Waals surface area (Å²) in [6.07, 6.45) is 0. The molecule has 2 aliphatic rings. The summed E-state index contributed by atoms with van der Waals surface area (Å²) in [5.74, 6) is 0.713. The highest BCUT2D eigenvalue weighted by Crippen LogP contribution is 2.17. The number of aryl methyl sites for hydroxylation is 1. The Morgan fingerprint density at radius 3 is 2.19 bits per heavy atom. The van der Waals surface area contributed by atoms with Crippen LogP contribution in [0, 0.1) is 12.7 Å². The SMILES string of the molecule is Cc1ccc(C(=O)N2CCN(C(=O)NCCN3CCN(c4ccc(F)cc4)CC3)CC2)o1. The molecular formula is C23H30FN5O3. The normalized spacial score (nSPS) is 17.5. The second-order valence-corrected chi connectivity index (χ2v) is 8.23. The van der Waals surface area contributed by atoms with Crippen LogP contribution in [0.1, 0.15) is 16.3 Å². The van der Waals surface area contributed by atoms with E-state index in [1.807, 2.05) is 19.1 Å². The second-order valence-electron chi connectivity index (χ2n) is 8.23. The molecule has 0 aliphatic carbocycles. The van der Waals surface area contributed by atoms with Crippen molar-refractivity contribution in [3.63, 3.8) is 0 Å². The molecule has 4 rings (SSSR count). The average Bonchev–Trinajstić information content (AvgIpc) is 3.26. The Balaban J connectivity index is 1.13. The molecular weight excluding hydrogens is 413 g/mol. The van der Waals surface area contributed by atoms with E-state index >= 15 is 0 Å². The quantitative estimate of drug-likeness (QED) is 0.766. The zero-order valence-electron chi connectivity index (χ0n) is 18.4. The molecule has 2 fully saturated rings. The van der Waals surface area contributed by atoms with Crippen LogP contribution in [0.5, 0.6) is 0 Å². The highest BCUT2D eigenvalue weighted by atomic mass is 19.1. The van der Waals surface area contributed by atoms with Crippen molar-refractivity contribution in [3.8, 4) is 0 Å². The van der Waals surface area contributed by atoms with Gasteiger partial charge in [0.25, 0.3) is 5.91 Å². The van der Waals surface area contributed by atoms with E-state index in [9.17, 15) is 14.0 Å². The first-order valence-electron chi connectivity index (χ1n) is 11.1. The van der Waals surface area contributed by atoms with Gasteiger partial charge in [-0.2, -0.15) is 0 Å². The zero-order chi connectivity index (χ0) is 22.5. The van der Waals surface area contributed by atoms with Crippen LogP contribution >= 0.6 is 0 Å². The fourth-order valence-electron chi connectivity index (χ4n) is 4.13. The first-order chi connectivity index (χ1) is 15.5. The number of anilines is 1. The van der Waals surface area contributed by atoms with Crippen LogP contribution in [0.3, 0.4) is 0 Å². The lowest BCUT2D eigenvalue weighted by atomic mass is 10.2. The van der Waals surface area contributed by atoms with Gasteiger partial charge in [0.2, 0.25) is 0 Å². The highest BCUT2D eigenvalue weighted by molar-refractivity contribution is 5.91. The van der Waals surface area contributed by atoms with Gasteiger partial charge in [-0.1, -0.05) is 0 Å². The lowest BCUT2D eigenvalue weighted by Gasteiger charge is -2.36. The molecule has 0 unspecified atom stereocenters. The Morgan fingerprint density at radius 2 is 1.56 bits per heavy atom. The second kappa shape index (κ2) is 10.0. The third-order valence-electron chi connectivity index (χ3n) is 6.07. The summed E-state index contributed by atoms with van der Waals surface area (Å²) in [5.41, 5.74) is 1.04. The monoisotopic (exact) mass is 443 g/mol. The van der Waals surface area contributed by atoms with Crippen LogP contribution < -0.4 is 10.2 Å². The van der Waals surface area contributed by atoms with E-state index in [-0.39, 0.29) is 17.8 Å². The summed E-state index contributed by atoms with van der Waals surface area (Å²) in [5, 5.41) is 3.00. The molecule has 2 aliphatic heterocycles. The molecule has 3 amide bonds. The standard InChI is InChI=1S/C23H30FN5O3/c1-18-2-7-21(32-18)22(30)28-14-16-29(17-15-28)23(31)25-8-9-26-10-12-27(13-11-26)20-5-3-19(24)4-6-20/h2-7H,8-17H2,1H3,(H,25,31). The van der Waals surface area contributed by atoms with E-state index in [1.165, 1.54) is 12.1 Å². The molecule has 1 aromatic heterocycles. The molecule has 1 N–H and O–H groups in total. The van der Waals surface area contributed by atoms with E-state index in [4.69, 9.17) is 4.42 Å². The molecule has 8 nitrogen and oxygen atoms in total. The van der Waals surface area contributed by atoms with Gasteiger partial charge in [0.15, 0.2) is 5.76 Å². The summed E-state index contributed by atoms with van der Waals surface area (Å²) in [6, 6.07) is 9.99. The minimum absolute atomic E-state index is 0.0871. The number of amides is 3. The fraction of sp³-hybridized carbons (Fsp3) is 0.478. The van der Waals surface area contributed by atoms with Gasteiger partial charge in [0.1, 0.15) is 11.6 Å². The number of halogens is 1. The molecule has 2 aromatic rings. The third-order valence-corrected chi connectivity index (χ3v) is 6.07. The van der Waals surface area contributed by atoms with Crippen molar-refractivity contribution in [2.75, 3.05) is 70.3 Å². The number of carbonyl (C=O) groups is 2. The summed E-state index contributed by atoms with van der Waals surface area (Å²) < 4.78 is 18.5. The van der Waals surface area contributed by atoms with Gasteiger partial charge >= 0.3 is 6.03 Å². The maximum absolute atomic E-state index is 13.1. The molecule has 9 heteroatoms. The van der Waals surface area contributed by atoms with Crippen LogP contribution in [0.4, 0.5) is 14.9 Å². The summed E-state index contributed by atoms with van der Waals surface area (Å²) in [6.45, 7) is 8.76. The van der Waals surface area contributed by atoms with Crippen molar-refractivity contribution in [1.82, 2.24) is 20.0 Å². The molecule has 0 saturated carbocycles. The number of carbonyl (C=O) groups excluding carboxylic acids is 2. The first kappa shape index (κ1) is 22.1. The van der Waals surface area contributed by atoms with Crippen molar-refractivity contribution < 1.29 is 18.4 Å². The number of nitrogens with zero attached hydrogens (tertiary/aromatic N) is 4. The molecule has 1 aromatic carbocycles. The van der Waals surface area contributed by atoms with Gasteiger partial charge in [-0.05, 0) is 43.3 Å². The van der Waals surface area contributed by atoms with Crippen molar-refractivity contribution in [2.45, 2.75) is 6.92 Å². The predicted octanol–water partition coefficient (Wildman–Crippen LogP) is 2.02. The van der Waals surface area contributed by atoms with Gasteiger partial charge in [0.05, 0.1) is 0 Å². The largest absolute Gasteiger partial charge is 0.456 e. The Bertz CT molecular complexity index is 916. The van der Waals surface area contributed by atoms with E-state index in [0.717, 1.165) is 38.4 Å². The van der Waals surface area contributed by atoms with Gasteiger partial charge in [-0.3, -0.25) is 9.69 Å². The number of urea groups is 1. The predicted molar refractivity (Wildman–Crippen MR) is 119 cm³/mol. The zero-order valence-corrected chi connectivity index (χ0v) is 18.4. The Labute approximate surface area is 187 Å². The van der Waals surface area contributed by atoms with Gasteiger partial charge in [-0.25, -0.2) is 9.18 Å². The Kier molecular flexibility index (Phi) is 6.94. The van der Waals surface area contributed by atoms with Crippen LogP contribution in [-0.4, -0.2) is 92.1 Å². The number of furan rings is 1. The summed E-state index contributed by atoms with van der Waals surface area (Å²) in [7, 11) is 0. The molecule has 2 saturated heterocycles. The van der Waals surface area contributed by atoms with Gasteiger partial charge in [-0.15, -0.1) is 0 Å². The summed E-state index contributed by atoms with van der Waals surface area (Å²) >= 11 is 0. The molecule has 0 bridgehead atoms. The van der Waals surface area contributed by atoms with Crippen molar-refractivity contribution >= 4 is 17.6 Å². The maximum Gasteiger partial charge on any atom is 0.317 e. The molecule has 3 heterocycles. The Hall–Kier alpha value is -3.07. The van der Waals surface area contributed by atoms with Gasteiger partial charge in [0, 0.05) is 71.1 Å². The number of hydrogen-bond donors (Lipinski definition) is 1. The molecule has 32 heavy (non-hydrogen) atoms. The maximum atomic E-state index is 13.1. The minimum atomic E-state index is -0.219. The molecule has 172 valence electrons. The van der Waals surface area contributed by atoms with E-state index in [2.05, 4.69) is 15.1 Å². The number of benzene rings is 1. The number of nitrogens with one attached hydrogen (secondary N) is 1. The third kappa shape index (κ3) is 5.40. The smallest absolute Gasteiger partial charge is 0.317 e. The van der Waals surface area contributed by atoms with E-state index in [1.54, 1.807) is 21.9 Å². The lowest BCUT2D eigenvalue weighted by Crippen LogP contribution is -2.54.